The lowest BCUT2D eigenvalue weighted by Gasteiger charge is -2.41. The van der Waals surface area contributed by atoms with Crippen LogP contribution in [0.15, 0.2) is 30.4 Å². The molecule has 17 heavy (non-hydrogen) atoms. The van der Waals surface area contributed by atoms with Gasteiger partial charge in [-0.1, -0.05) is 24.3 Å². The molecule has 0 saturated heterocycles. The normalized spacial score (nSPS) is 37.6. The van der Waals surface area contributed by atoms with E-state index in [1.165, 1.54) is 37.7 Å². The molecule has 2 bridgehead atoms. The van der Waals surface area contributed by atoms with Gasteiger partial charge in [0.05, 0.1) is 0 Å². The minimum absolute atomic E-state index is 0.447. The summed E-state index contributed by atoms with van der Waals surface area (Å²) in [7, 11) is 0. The summed E-state index contributed by atoms with van der Waals surface area (Å²) in [6, 6.07) is 6.57. The van der Waals surface area contributed by atoms with Crippen LogP contribution in [0.2, 0.25) is 0 Å². The summed E-state index contributed by atoms with van der Waals surface area (Å²) in [4.78, 5) is 0. The van der Waals surface area contributed by atoms with Crippen molar-refractivity contribution in [1.82, 2.24) is 0 Å². The molecule has 3 aliphatic carbocycles. The second-order valence-corrected chi connectivity index (χ2v) is 6.07. The van der Waals surface area contributed by atoms with Crippen LogP contribution in [0.5, 0.6) is 0 Å². The zero-order chi connectivity index (χ0) is 11.5. The van der Waals surface area contributed by atoms with E-state index in [-0.39, 0.29) is 0 Å². The average Bonchev–Trinajstić information content (AvgIpc) is 2.92. The fourth-order valence-corrected chi connectivity index (χ4v) is 4.62. The van der Waals surface area contributed by atoms with Gasteiger partial charge in [0.2, 0.25) is 0 Å². The Kier molecular flexibility index (Phi) is 1.81. The molecule has 0 amide bonds. The van der Waals surface area contributed by atoms with Crippen molar-refractivity contribution in [3.8, 4) is 0 Å². The van der Waals surface area contributed by atoms with Gasteiger partial charge in [0.25, 0.3) is 0 Å². The summed E-state index contributed by atoms with van der Waals surface area (Å²) in [6.07, 6.45) is 11.5. The molecule has 88 valence electrons. The number of hydrogen-bond donors (Lipinski definition) is 1. The van der Waals surface area contributed by atoms with E-state index < -0.39 is 0 Å². The Morgan fingerprint density at radius 3 is 2.94 bits per heavy atom. The third-order valence-corrected chi connectivity index (χ3v) is 5.31. The minimum Gasteiger partial charge on any atom is -0.398 e. The molecule has 1 saturated carbocycles. The molecule has 1 aromatic carbocycles. The van der Waals surface area contributed by atoms with Crippen LogP contribution in [0, 0.1) is 11.8 Å². The van der Waals surface area contributed by atoms with Crippen LogP contribution in [-0.2, 0) is 11.8 Å². The summed E-state index contributed by atoms with van der Waals surface area (Å²) in [6.45, 7) is 0. The highest BCUT2D eigenvalue weighted by atomic mass is 14.6. The minimum atomic E-state index is 0.447. The second-order valence-electron chi connectivity index (χ2n) is 6.07. The molecule has 1 fully saturated rings. The molecular formula is C16H19N. The summed E-state index contributed by atoms with van der Waals surface area (Å²) >= 11 is 0. The quantitative estimate of drug-likeness (QED) is 0.531. The van der Waals surface area contributed by atoms with Gasteiger partial charge < -0.3 is 5.73 Å². The van der Waals surface area contributed by atoms with E-state index in [0.717, 1.165) is 17.5 Å². The van der Waals surface area contributed by atoms with Crippen LogP contribution in [0.3, 0.4) is 0 Å². The Bertz CT molecular complexity index is 502. The van der Waals surface area contributed by atoms with Crippen molar-refractivity contribution >= 4 is 5.69 Å². The number of allylic oxidation sites excluding steroid dienone is 2. The van der Waals surface area contributed by atoms with E-state index in [1.54, 1.807) is 5.56 Å². The lowest BCUT2D eigenvalue weighted by Crippen LogP contribution is -2.35. The van der Waals surface area contributed by atoms with Gasteiger partial charge >= 0.3 is 0 Å². The Morgan fingerprint density at radius 2 is 2.18 bits per heavy atom. The zero-order valence-corrected chi connectivity index (χ0v) is 10.2. The van der Waals surface area contributed by atoms with Crippen LogP contribution >= 0.6 is 0 Å². The Labute approximate surface area is 103 Å². The van der Waals surface area contributed by atoms with E-state index in [2.05, 4.69) is 30.4 Å². The highest BCUT2D eigenvalue weighted by Crippen LogP contribution is 2.58. The largest absolute Gasteiger partial charge is 0.398 e. The SMILES string of the molecule is Nc1cccc2c1CCCC21CC2C=CC1C2. The van der Waals surface area contributed by atoms with E-state index >= 15 is 0 Å². The first-order valence-electron chi connectivity index (χ1n) is 6.86. The van der Waals surface area contributed by atoms with Crippen molar-refractivity contribution in [1.29, 1.82) is 0 Å². The van der Waals surface area contributed by atoms with Gasteiger partial charge in [0.1, 0.15) is 0 Å². The number of fused-ring (bicyclic) bond motifs is 5. The lowest BCUT2D eigenvalue weighted by molar-refractivity contribution is 0.304. The molecule has 1 nitrogen and oxygen atoms in total. The highest BCUT2D eigenvalue weighted by molar-refractivity contribution is 5.55. The maximum atomic E-state index is 6.17. The van der Waals surface area contributed by atoms with Crippen molar-refractivity contribution in [3.05, 3.63) is 41.5 Å². The predicted molar refractivity (Wildman–Crippen MR) is 70.8 cm³/mol. The number of benzene rings is 1. The molecule has 1 heteroatoms. The maximum absolute atomic E-state index is 6.17. The van der Waals surface area contributed by atoms with Crippen LogP contribution in [0.4, 0.5) is 5.69 Å². The molecule has 4 rings (SSSR count). The van der Waals surface area contributed by atoms with E-state index in [0.29, 0.717) is 5.41 Å². The zero-order valence-electron chi connectivity index (χ0n) is 10.2. The number of nitrogen functional groups attached to an aromatic ring is 1. The van der Waals surface area contributed by atoms with Crippen LogP contribution in [-0.4, -0.2) is 0 Å². The molecule has 0 aliphatic heterocycles. The first-order valence-corrected chi connectivity index (χ1v) is 6.86. The van der Waals surface area contributed by atoms with Crippen molar-refractivity contribution < 1.29 is 0 Å². The van der Waals surface area contributed by atoms with Gasteiger partial charge in [-0.2, -0.15) is 0 Å². The van der Waals surface area contributed by atoms with Gasteiger partial charge in [0, 0.05) is 11.1 Å². The van der Waals surface area contributed by atoms with Gasteiger partial charge in [-0.25, -0.2) is 0 Å². The molecule has 1 spiro atoms. The average molecular weight is 225 g/mol. The Balaban J connectivity index is 1.91. The number of rotatable bonds is 0. The topological polar surface area (TPSA) is 26.0 Å². The third kappa shape index (κ3) is 1.15. The molecule has 0 heterocycles. The highest BCUT2D eigenvalue weighted by Gasteiger charge is 2.50. The van der Waals surface area contributed by atoms with Crippen LogP contribution in [0.25, 0.3) is 0 Å². The molecule has 1 aromatic rings. The van der Waals surface area contributed by atoms with Gasteiger partial charge in [-0.15, -0.1) is 0 Å². The maximum Gasteiger partial charge on any atom is 0.0349 e. The van der Waals surface area contributed by atoms with Gasteiger partial charge in [-0.05, 0) is 61.1 Å². The standard InChI is InChI=1S/C16H19N/c17-15-5-1-4-14-13(15)3-2-8-16(14)10-11-6-7-12(16)9-11/h1,4-7,11-12H,2-3,8-10,17H2. The van der Waals surface area contributed by atoms with Crippen molar-refractivity contribution in [2.45, 2.75) is 37.5 Å². The molecule has 2 N–H and O–H groups in total. The van der Waals surface area contributed by atoms with Crippen LogP contribution < -0.4 is 5.73 Å². The first-order chi connectivity index (χ1) is 8.29. The second kappa shape index (κ2) is 3.16. The number of hydrogen-bond acceptors (Lipinski definition) is 1. The van der Waals surface area contributed by atoms with Gasteiger partial charge in [0.15, 0.2) is 0 Å². The Morgan fingerprint density at radius 1 is 1.24 bits per heavy atom. The summed E-state index contributed by atoms with van der Waals surface area (Å²) < 4.78 is 0. The van der Waals surface area contributed by atoms with Crippen molar-refractivity contribution in [3.63, 3.8) is 0 Å². The predicted octanol–water partition coefficient (Wildman–Crippen LogP) is 3.44. The smallest absolute Gasteiger partial charge is 0.0349 e. The molecule has 3 unspecified atom stereocenters. The van der Waals surface area contributed by atoms with Crippen molar-refractivity contribution in [2.75, 3.05) is 5.73 Å². The number of nitrogens with two attached hydrogens (primary N) is 1. The van der Waals surface area contributed by atoms with E-state index in [9.17, 15) is 0 Å². The van der Waals surface area contributed by atoms with E-state index in [1.807, 2.05) is 0 Å². The fourth-order valence-electron chi connectivity index (χ4n) is 4.62. The molecule has 3 aliphatic rings. The summed E-state index contributed by atoms with van der Waals surface area (Å²) in [5.41, 5.74) is 10.7. The van der Waals surface area contributed by atoms with Crippen LogP contribution in [0.1, 0.15) is 36.8 Å². The van der Waals surface area contributed by atoms with E-state index in [4.69, 9.17) is 5.73 Å². The molecule has 0 aromatic heterocycles. The lowest BCUT2D eigenvalue weighted by atomic mass is 9.63. The monoisotopic (exact) mass is 225 g/mol. The number of anilines is 1. The van der Waals surface area contributed by atoms with Gasteiger partial charge in [-0.3, -0.25) is 0 Å². The Hall–Kier alpha value is -1.24. The fraction of sp³-hybridized carbons (Fsp3) is 0.500. The molecule has 0 radical (unpaired) electrons. The first kappa shape index (κ1) is 9.76. The van der Waals surface area contributed by atoms with Crippen molar-refractivity contribution in [2.24, 2.45) is 11.8 Å². The third-order valence-electron chi connectivity index (χ3n) is 5.31. The summed E-state index contributed by atoms with van der Waals surface area (Å²) in [5, 5.41) is 0. The summed E-state index contributed by atoms with van der Waals surface area (Å²) in [5.74, 6) is 1.63. The molecular weight excluding hydrogens is 206 g/mol. The molecule has 3 atom stereocenters.